The molecule has 1 aromatic heterocycles. The second kappa shape index (κ2) is 6.63. The molecular formula is C23H24N4O3. The first-order chi connectivity index (χ1) is 14.4. The van der Waals surface area contributed by atoms with Crippen molar-refractivity contribution in [1.82, 2.24) is 9.78 Å². The van der Waals surface area contributed by atoms with Gasteiger partial charge in [0.1, 0.15) is 11.6 Å². The van der Waals surface area contributed by atoms with Crippen LogP contribution in [0, 0.1) is 29.6 Å². The van der Waals surface area contributed by atoms with Gasteiger partial charge in [0.05, 0.1) is 30.6 Å². The zero-order chi connectivity index (χ0) is 21.0. The lowest BCUT2D eigenvalue weighted by Crippen LogP contribution is -2.39. The molecule has 0 fully saturated rings. The van der Waals surface area contributed by atoms with Crippen molar-refractivity contribution >= 4 is 11.6 Å². The van der Waals surface area contributed by atoms with Crippen molar-refractivity contribution in [3.63, 3.8) is 0 Å². The monoisotopic (exact) mass is 404 g/mol. The van der Waals surface area contributed by atoms with Gasteiger partial charge >= 0.3 is 0 Å². The lowest BCUT2D eigenvalue weighted by atomic mass is 9.67. The predicted molar refractivity (Wildman–Crippen MR) is 110 cm³/mol. The van der Waals surface area contributed by atoms with Crippen LogP contribution in [0.5, 0.6) is 11.5 Å². The van der Waals surface area contributed by atoms with Crippen molar-refractivity contribution < 1.29 is 14.3 Å². The Labute approximate surface area is 175 Å². The Morgan fingerprint density at radius 3 is 2.90 bits per heavy atom. The van der Waals surface area contributed by atoms with Crippen LogP contribution in [-0.4, -0.2) is 22.4 Å². The highest BCUT2D eigenvalue weighted by molar-refractivity contribution is 5.90. The zero-order valence-electron chi connectivity index (χ0n) is 17.4. The van der Waals surface area contributed by atoms with Crippen LogP contribution in [0.2, 0.25) is 0 Å². The topological polar surface area (TPSA) is 89.2 Å². The fraction of sp³-hybridized carbons (Fsp3) is 0.435. The van der Waals surface area contributed by atoms with E-state index >= 15 is 0 Å². The Morgan fingerprint density at radius 1 is 1.30 bits per heavy atom. The number of carbonyl (C=O) groups is 1. The first kappa shape index (κ1) is 18.7. The van der Waals surface area contributed by atoms with E-state index in [2.05, 4.69) is 31.3 Å². The molecular weight excluding hydrogens is 380 g/mol. The lowest BCUT2D eigenvalue weighted by Gasteiger charge is -2.40. The highest BCUT2D eigenvalue weighted by Crippen LogP contribution is 2.51. The van der Waals surface area contributed by atoms with Crippen LogP contribution >= 0.6 is 0 Å². The van der Waals surface area contributed by atoms with Gasteiger partial charge in [-0.25, -0.2) is 4.68 Å². The SMILES string of the molecule is Cc1nn(CCC#N)c2c1[C@@H](c1ccc3c(c1)OCO3)[C@@H]1C(=O)CC(C)(C)C=C1N2. The molecule has 7 heteroatoms. The lowest BCUT2D eigenvalue weighted by molar-refractivity contribution is -0.124. The van der Waals surface area contributed by atoms with Crippen LogP contribution in [0.25, 0.3) is 0 Å². The number of hydrogen-bond donors (Lipinski definition) is 1. The summed E-state index contributed by atoms with van der Waals surface area (Å²) in [5, 5.41) is 17.3. The molecule has 154 valence electrons. The van der Waals surface area contributed by atoms with Crippen LogP contribution in [-0.2, 0) is 11.3 Å². The number of hydrogen-bond acceptors (Lipinski definition) is 6. The van der Waals surface area contributed by atoms with Gasteiger partial charge in [-0.05, 0) is 30.0 Å². The molecule has 3 heterocycles. The molecule has 0 saturated carbocycles. The van der Waals surface area contributed by atoms with Crippen molar-refractivity contribution in [3.05, 3.63) is 46.8 Å². The number of nitrogens with zero attached hydrogens (tertiary/aromatic N) is 3. The van der Waals surface area contributed by atoms with Gasteiger partial charge in [-0.2, -0.15) is 10.4 Å². The maximum Gasteiger partial charge on any atom is 0.231 e. The fourth-order valence-electron chi connectivity index (χ4n) is 4.96. The molecule has 5 rings (SSSR count). The molecule has 2 aromatic rings. The number of nitrogens with one attached hydrogen (secondary N) is 1. The van der Waals surface area contributed by atoms with E-state index in [-0.39, 0.29) is 29.8 Å². The fourth-order valence-corrected chi connectivity index (χ4v) is 4.96. The number of aryl methyl sites for hydroxylation is 2. The molecule has 0 saturated heterocycles. The first-order valence-electron chi connectivity index (χ1n) is 10.2. The summed E-state index contributed by atoms with van der Waals surface area (Å²) in [6.45, 7) is 6.85. The highest BCUT2D eigenvalue weighted by atomic mass is 16.7. The van der Waals surface area contributed by atoms with E-state index in [0.717, 1.165) is 34.1 Å². The van der Waals surface area contributed by atoms with Gasteiger partial charge in [0.15, 0.2) is 11.5 Å². The maximum absolute atomic E-state index is 13.4. The first-order valence-corrected chi connectivity index (χ1v) is 10.2. The van der Waals surface area contributed by atoms with Gasteiger partial charge in [-0.3, -0.25) is 4.79 Å². The molecule has 0 amide bonds. The van der Waals surface area contributed by atoms with Gasteiger partial charge in [-0.1, -0.05) is 26.0 Å². The Morgan fingerprint density at radius 2 is 2.10 bits per heavy atom. The third-order valence-electron chi connectivity index (χ3n) is 6.13. The summed E-state index contributed by atoms with van der Waals surface area (Å²) in [4.78, 5) is 13.4. The molecule has 0 spiro atoms. The summed E-state index contributed by atoms with van der Waals surface area (Å²) in [5.41, 5.74) is 3.61. The second-order valence-electron chi connectivity index (χ2n) is 8.90. The average molecular weight is 404 g/mol. The number of fused-ring (bicyclic) bond motifs is 3. The normalized spacial score (nSPS) is 23.1. The van der Waals surface area contributed by atoms with E-state index in [0.29, 0.717) is 25.1 Å². The summed E-state index contributed by atoms with van der Waals surface area (Å²) >= 11 is 0. The predicted octanol–water partition coefficient (Wildman–Crippen LogP) is 3.89. The minimum absolute atomic E-state index is 0.165. The van der Waals surface area contributed by atoms with Gasteiger partial charge in [0.2, 0.25) is 6.79 Å². The van der Waals surface area contributed by atoms with Gasteiger partial charge in [0.25, 0.3) is 0 Å². The number of nitriles is 1. The van der Waals surface area contributed by atoms with Crippen molar-refractivity contribution in [2.75, 3.05) is 12.1 Å². The largest absolute Gasteiger partial charge is 0.454 e. The number of ether oxygens (including phenoxy) is 2. The van der Waals surface area contributed by atoms with Crippen molar-refractivity contribution in [3.8, 4) is 17.6 Å². The number of rotatable bonds is 3. The molecule has 0 bridgehead atoms. The van der Waals surface area contributed by atoms with E-state index in [4.69, 9.17) is 19.8 Å². The van der Waals surface area contributed by atoms with Crippen molar-refractivity contribution in [2.24, 2.45) is 11.3 Å². The molecule has 3 aliphatic rings. The Hall–Kier alpha value is -3.27. The Balaban J connectivity index is 1.70. The quantitative estimate of drug-likeness (QED) is 0.835. The van der Waals surface area contributed by atoms with Crippen molar-refractivity contribution in [1.29, 1.82) is 5.26 Å². The van der Waals surface area contributed by atoms with Gasteiger partial charge < -0.3 is 14.8 Å². The standard InChI is InChI=1S/C23H24N4O3/c1-13-19-20(14-5-6-17-18(9-14)30-12-29-17)21-15(10-23(2,3)11-16(21)28)25-22(19)27(26-13)8-4-7-24/h5-6,9-10,20-21,25H,4,8,11-12H2,1-3H3/t20-,21+/m1/s1. The van der Waals surface area contributed by atoms with E-state index in [1.54, 1.807) is 0 Å². The number of anilines is 1. The van der Waals surface area contributed by atoms with E-state index in [1.807, 2.05) is 29.8 Å². The molecule has 2 atom stereocenters. The molecule has 1 N–H and O–H groups in total. The van der Waals surface area contributed by atoms with Gasteiger partial charge in [-0.15, -0.1) is 0 Å². The van der Waals surface area contributed by atoms with E-state index < -0.39 is 0 Å². The number of allylic oxidation sites excluding steroid dienone is 2. The summed E-state index contributed by atoms with van der Waals surface area (Å²) in [5.74, 6) is 2.07. The second-order valence-corrected chi connectivity index (χ2v) is 8.90. The van der Waals surface area contributed by atoms with Crippen LogP contribution < -0.4 is 14.8 Å². The molecule has 0 unspecified atom stereocenters. The van der Waals surface area contributed by atoms with Crippen LogP contribution in [0.15, 0.2) is 30.0 Å². The van der Waals surface area contributed by atoms with Crippen LogP contribution in [0.3, 0.4) is 0 Å². The van der Waals surface area contributed by atoms with Crippen molar-refractivity contribution in [2.45, 2.75) is 46.1 Å². The summed E-state index contributed by atoms with van der Waals surface area (Å²) in [6.07, 6.45) is 3.05. The zero-order valence-corrected chi connectivity index (χ0v) is 17.4. The third-order valence-corrected chi connectivity index (χ3v) is 6.13. The highest BCUT2D eigenvalue weighted by Gasteiger charge is 2.46. The molecule has 2 aliphatic heterocycles. The summed E-state index contributed by atoms with van der Waals surface area (Å²) in [7, 11) is 0. The van der Waals surface area contributed by atoms with E-state index in [1.165, 1.54) is 0 Å². The smallest absolute Gasteiger partial charge is 0.231 e. The van der Waals surface area contributed by atoms with E-state index in [9.17, 15) is 4.79 Å². The summed E-state index contributed by atoms with van der Waals surface area (Å²) < 4.78 is 12.9. The minimum Gasteiger partial charge on any atom is -0.454 e. The number of Topliss-reactive ketones (excluding diaryl/α,β-unsaturated/α-hetero) is 1. The molecule has 30 heavy (non-hydrogen) atoms. The number of aromatic nitrogens is 2. The Bertz CT molecular complexity index is 1120. The minimum atomic E-state index is -0.293. The number of benzene rings is 1. The number of ketones is 1. The van der Waals surface area contributed by atoms with Gasteiger partial charge in [0, 0.05) is 23.6 Å². The summed E-state index contributed by atoms with van der Waals surface area (Å²) in [6, 6.07) is 8.11. The van der Waals surface area contributed by atoms with Crippen LogP contribution in [0.4, 0.5) is 5.82 Å². The number of carbonyl (C=O) groups excluding carboxylic acids is 1. The molecule has 1 aromatic carbocycles. The average Bonchev–Trinajstić information content (AvgIpc) is 3.27. The molecule has 1 aliphatic carbocycles. The third kappa shape index (κ3) is 2.86. The molecule has 0 radical (unpaired) electrons. The van der Waals surface area contributed by atoms with Crippen LogP contribution in [0.1, 0.15) is 49.4 Å². The maximum atomic E-state index is 13.4. The Kier molecular flexibility index (Phi) is 4.14. The molecule has 7 nitrogen and oxygen atoms in total.